The molecule has 0 saturated carbocycles. The summed E-state index contributed by atoms with van der Waals surface area (Å²) in [6, 6.07) is 5.07. The van der Waals surface area contributed by atoms with E-state index in [1.54, 1.807) is 4.90 Å². The molecule has 2 saturated heterocycles. The van der Waals surface area contributed by atoms with Gasteiger partial charge in [-0.05, 0) is 37.1 Å². The number of pyridine rings is 1. The van der Waals surface area contributed by atoms with Gasteiger partial charge < -0.3 is 24.5 Å². The van der Waals surface area contributed by atoms with Crippen molar-refractivity contribution in [1.82, 2.24) is 14.8 Å². The van der Waals surface area contributed by atoms with Gasteiger partial charge in [0.15, 0.2) is 29.3 Å². The summed E-state index contributed by atoms with van der Waals surface area (Å²) in [6.07, 6.45) is 2.32. The van der Waals surface area contributed by atoms with Crippen molar-refractivity contribution in [3.05, 3.63) is 52.7 Å². The van der Waals surface area contributed by atoms with E-state index < -0.39 is 23.6 Å². The van der Waals surface area contributed by atoms with Crippen LogP contribution in [-0.4, -0.2) is 83.7 Å². The number of carbonyl (C=O) groups is 2. The molecule has 3 heterocycles. The number of aliphatic hydroxyl groups is 1. The number of piperidine rings is 1. The molecule has 2 aliphatic heterocycles. The highest BCUT2D eigenvalue weighted by atomic mass is 35.5. The second-order valence-corrected chi connectivity index (χ2v) is 9.14. The maximum Gasteiger partial charge on any atom is 0.263 e. The van der Waals surface area contributed by atoms with Crippen LogP contribution in [0.25, 0.3) is 0 Å². The first-order valence-corrected chi connectivity index (χ1v) is 11.8. The topological polar surface area (TPSA) is 86.2 Å². The Hall–Kier alpha value is -2.98. The van der Waals surface area contributed by atoms with Gasteiger partial charge in [0.05, 0.1) is 11.6 Å². The summed E-state index contributed by atoms with van der Waals surface area (Å²) in [5.41, 5.74) is 0.128. The number of likely N-dealkylation sites (tertiary alicyclic amines) is 1. The molecule has 0 radical (unpaired) electrons. The predicted octanol–water partition coefficient (Wildman–Crippen LogP) is 2.73. The predicted molar refractivity (Wildman–Crippen MR) is 126 cm³/mol. The van der Waals surface area contributed by atoms with Gasteiger partial charge in [-0.15, -0.1) is 0 Å². The number of halogens is 3. The van der Waals surface area contributed by atoms with Crippen LogP contribution in [0.1, 0.15) is 29.6 Å². The van der Waals surface area contributed by atoms with E-state index in [4.69, 9.17) is 21.4 Å². The lowest BCUT2D eigenvalue weighted by Crippen LogP contribution is -2.47. The van der Waals surface area contributed by atoms with Crippen molar-refractivity contribution in [3.63, 3.8) is 0 Å². The van der Waals surface area contributed by atoms with Crippen LogP contribution in [0.3, 0.4) is 0 Å². The minimum Gasteiger partial charge on any atom is -0.477 e. The number of nitrogens with zero attached hydrogens (tertiary/aromatic N) is 4. The van der Waals surface area contributed by atoms with Crippen LogP contribution >= 0.6 is 11.6 Å². The monoisotopic (exact) mass is 508 g/mol. The minimum absolute atomic E-state index is 0.0189. The number of anilines is 1. The summed E-state index contributed by atoms with van der Waals surface area (Å²) in [5, 5.41) is 9.21. The Labute approximate surface area is 207 Å². The van der Waals surface area contributed by atoms with E-state index in [9.17, 15) is 18.4 Å². The highest BCUT2D eigenvalue weighted by Crippen LogP contribution is 2.29. The van der Waals surface area contributed by atoms with Gasteiger partial charge in [-0.1, -0.05) is 11.6 Å². The molecule has 11 heteroatoms. The first-order valence-electron chi connectivity index (χ1n) is 11.5. The van der Waals surface area contributed by atoms with Crippen LogP contribution in [0.4, 0.5) is 14.6 Å². The molecule has 2 amide bonds. The van der Waals surface area contributed by atoms with Crippen LogP contribution in [0, 0.1) is 11.6 Å². The van der Waals surface area contributed by atoms with Crippen molar-refractivity contribution >= 4 is 29.2 Å². The van der Waals surface area contributed by atoms with Crippen molar-refractivity contribution in [2.24, 2.45) is 0 Å². The zero-order chi connectivity index (χ0) is 25.1. The van der Waals surface area contributed by atoms with Gasteiger partial charge in [-0.2, -0.15) is 0 Å². The molecule has 2 aromatic rings. The number of rotatable bonds is 7. The molecule has 0 unspecified atom stereocenters. The molecule has 1 atom stereocenters. The highest BCUT2D eigenvalue weighted by Gasteiger charge is 2.39. The molecule has 4 rings (SSSR count). The summed E-state index contributed by atoms with van der Waals surface area (Å²) >= 11 is 5.78. The third kappa shape index (κ3) is 5.48. The number of hydrogen-bond acceptors (Lipinski definition) is 6. The Bertz CT molecular complexity index is 1100. The molecule has 2 aliphatic rings. The summed E-state index contributed by atoms with van der Waals surface area (Å²) < 4.78 is 34.5. The zero-order valence-electron chi connectivity index (χ0n) is 19.3. The van der Waals surface area contributed by atoms with Gasteiger partial charge in [0.2, 0.25) is 0 Å². The molecule has 35 heavy (non-hydrogen) atoms. The SMILES string of the molecule is CN(CCO)C(=O)c1ccc(O[C@H]2CCN(C3CCN(c4ncc(Cl)cc4F)CC3)C2=O)c(F)c1. The molecule has 0 spiro atoms. The first kappa shape index (κ1) is 25.1. The van der Waals surface area contributed by atoms with E-state index in [0.29, 0.717) is 38.9 Å². The first-order chi connectivity index (χ1) is 16.8. The Morgan fingerprint density at radius 2 is 1.94 bits per heavy atom. The molecule has 0 aliphatic carbocycles. The van der Waals surface area contributed by atoms with Gasteiger partial charge in [-0.25, -0.2) is 13.8 Å². The molecular formula is C24H27ClF2N4O4. The molecule has 8 nitrogen and oxygen atoms in total. The fraction of sp³-hybridized carbons (Fsp3) is 0.458. The molecular weight excluding hydrogens is 482 g/mol. The van der Waals surface area contributed by atoms with Crippen LogP contribution in [0.15, 0.2) is 30.5 Å². The van der Waals surface area contributed by atoms with Gasteiger partial charge in [-0.3, -0.25) is 9.59 Å². The zero-order valence-corrected chi connectivity index (χ0v) is 20.0. The quantitative estimate of drug-likeness (QED) is 0.619. The number of aromatic nitrogens is 1. The van der Waals surface area contributed by atoms with Crippen LogP contribution in [-0.2, 0) is 4.79 Å². The molecule has 188 valence electrons. The molecule has 1 aromatic carbocycles. The van der Waals surface area contributed by atoms with Crippen LogP contribution < -0.4 is 9.64 Å². The fourth-order valence-corrected chi connectivity index (χ4v) is 4.68. The number of benzene rings is 1. The van der Waals surface area contributed by atoms with Crippen LogP contribution in [0.5, 0.6) is 5.75 Å². The van der Waals surface area contributed by atoms with Gasteiger partial charge in [0.25, 0.3) is 11.8 Å². The third-order valence-electron chi connectivity index (χ3n) is 6.41. The van der Waals surface area contributed by atoms with E-state index in [-0.39, 0.29) is 47.3 Å². The lowest BCUT2D eigenvalue weighted by atomic mass is 10.0. The lowest BCUT2D eigenvalue weighted by Gasteiger charge is -2.37. The maximum absolute atomic E-state index is 14.6. The van der Waals surface area contributed by atoms with E-state index in [0.717, 1.165) is 6.07 Å². The summed E-state index contributed by atoms with van der Waals surface area (Å²) in [7, 11) is 1.51. The van der Waals surface area contributed by atoms with Gasteiger partial charge in [0, 0.05) is 57.4 Å². The molecule has 1 aromatic heterocycles. The average molecular weight is 509 g/mol. The summed E-state index contributed by atoms with van der Waals surface area (Å²) in [4.78, 5) is 34.2. The van der Waals surface area contributed by atoms with E-state index in [1.165, 1.54) is 36.3 Å². The van der Waals surface area contributed by atoms with E-state index in [1.807, 2.05) is 4.90 Å². The van der Waals surface area contributed by atoms with Crippen molar-refractivity contribution < 1.29 is 28.2 Å². The van der Waals surface area contributed by atoms with Crippen molar-refractivity contribution in [2.45, 2.75) is 31.4 Å². The largest absolute Gasteiger partial charge is 0.477 e. The summed E-state index contributed by atoms with van der Waals surface area (Å²) in [5.74, 6) is -1.68. The standard InChI is InChI=1S/C24H27ClF2N4O4/c1-29(10-11-32)23(33)15-2-3-20(18(26)12-15)35-21-6-9-31(24(21)34)17-4-7-30(8-5-17)22-19(27)13-16(25)14-28-22/h2-3,12-14,17,21,32H,4-11H2,1H3/t21-/m0/s1. The normalized spacial score (nSPS) is 18.8. The van der Waals surface area contributed by atoms with Crippen molar-refractivity contribution in [1.29, 1.82) is 0 Å². The molecule has 0 bridgehead atoms. The second kappa shape index (κ2) is 10.7. The number of hydrogen-bond donors (Lipinski definition) is 1. The fourth-order valence-electron chi connectivity index (χ4n) is 4.53. The Kier molecular flexibility index (Phi) is 7.71. The lowest BCUT2D eigenvalue weighted by molar-refractivity contribution is -0.135. The molecule has 2 fully saturated rings. The van der Waals surface area contributed by atoms with E-state index in [2.05, 4.69) is 4.98 Å². The minimum atomic E-state index is -0.809. The van der Waals surface area contributed by atoms with Crippen LogP contribution in [0.2, 0.25) is 5.02 Å². The van der Waals surface area contributed by atoms with Crippen molar-refractivity contribution in [2.75, 3.05) is 44.7 Å². The number of likely N-dealkylation sites (N-methyl/N-ethyl adjacent to an activating group) is 1. The number of amides is 2. The number of carbonyl (C=O) groups excluding carboxylic acids is 2. The Morgan fingerprint density at radius 3 is 2.60 bits per heavy atom. The Morgan fingerprint density at radius 1 is 1.20 bits per heavy atom. The Balaban J connectivity index is 1.34. The smallest absolute Gasteiger partial charge is 0.263 e. The van der Waals surface area contributed by atoms with Gasteiger partial charge in [0.1, 0.15) is 0 Å². The average Bonchev–Trinajstić information content (AvgIpc) is 3.20. The number of aliphatic hydroxyl groups excluding tert-OH is 1. The maximum atomic E-state index is 14.6. The third-order valence-corrected chi connectivity index (χ3v) is 6.62. The van der Waals surface area contributed by atoms with E-state index >= 15 is 0 Å². The van der Waals surface area contributed by atoms with Gasteiger partial charge >= 0.3 is 0 Å². The van der Waals surface area contributed by atoms with Crippen molar-refractivity contribution in [3.8, 4) is 5.75 Å². The molecule has 1 N–H and O–H groups in total. The second-order valence-electron chi connectivity index (χ2n) is 8.70. The summed E-state index contributed by atoms with van der Waals surface area (Å²) in [6.45, 7) is 1.52. The highest BCUT2D eigenvalue weighted by molar-refractivity contribution is 6.30. The number of ether oxygens (including phenoxy) is 1.